The van der Waals surface area contributed by atoms with E-state index in [1.807, 2.05) is 25.7 Å². The number of hydrogen-bond donors (Lipinski definition) is 0. The van der Waals surface area contributed by atoms with Gasteiger partial charge in [0.1, 0.15) is 0 Å². The number of esters is 1. The van der Waals surface area contributed by atoms with Crippen LogP contribution in [0.25, 0.3) is 0 Å². The Hall–Kier alpha value is -1.10. The maximum atomic E-state index is 12.8. The zero-order valence-corrected chi connectivity index (χ0v) is 16.6. The Morgan fingerprint density at radius 3 is 1.96 bits per heavy atom. The number of methoxy groups -OCH3 is 1. The molecule has 0 aromatic carbocycles. The third-order valence-electron chi connectivity index (χ3n) is 4.79. The van der Waals surface area contributed by atoms with Crippen molar-refractivity contribution in [1.82, 2.24) is 9.80 Å². The Labute approximate surface area is 148 Å². The number of hydrogen-bond acceptors (Lipinski definition) is 4. The lowest BCUT2D eigenvalue weighted by Crippen LogP contribution is -2.41. The molecule has 0 aliphatic heterocycles. The van der Waals surface area contributed by atoms with E-state index in [0.717, 1.165) is 51.9 Å². The summed E-state index contributed by atoms with van der Waals surface area (Å²) in [4.78, 5) is 28.7. The number of amides is 1. The van der Waals surface area contributed by atoms with Crippen LogP contribution in [0.5, 0.6) is 0 Å². The zero-order chi connectivity index (χ0) is 18.5. The molecular weight excluding hydrogens is 304 g/mol. The number of unbranched alkanes of at least 4 members (excludes halogenated alkanes) is 1. The first-order valence-electron chi connectivity index (χ1n) is 9.53. The molecule has 0 radical (unpaired) electrons. The summed E-state index contributed by atoms with van der Waals surface area (Å²) in [5.74, 6) is -0.298. The van der Waals surface area contributed by atoms with Crippen molar-refractivity contribution in [2.24, 2.45) is 11.8 Å². The van der Waals surface area contributed by atoms with Crippen molar-refractivity contribution in [3.05, 3.63) is 0 Å². The summed E-state index contributed by atoms with van der Waals surface area (Å²) in [6, 6.07) is 0. The van der Waals surface area contributed by atoms with Gasteiger partial charge >= 0.3 is 5.97 Å². The third kappa shape index (κ3) is 8.13. The highest BCUT2D eigenvalue weighted by Gasteiger charge is 2.25. The molecule has 0 aliphatic rings. The second-order valence-electron chi connectivity index (χ2n) is 6.46. The van der Waals surface area contributed by atoms with Crippen LogP contribution < -0.4 is 0 Å². The first-order chi connectivity index (χ1) is 11.4. The fourth-order valence-electron chi connectivity index (χ4n) is 2.97. The monoisotopic (exact) mass is 342 g/mol. The molecule has 0 N–H and O–H groups in total. The SMILES string of the molecule is CCC(CC)C(=O)N(CCCCN(CC)CC)CC(C)C(=O)OC. The summed E-state index contributed by atoms with van der Waals surface area (Å²) in [7, 11) is 1.40. The van der Waals surface area contributed by atoms with Gasteiger partial charge in [0, 0.05) is 19.0 Å². The molecule has 0 bridgehead atoms. The van der Waals surface area contributed by atoms with Crippen molar-refractivity contribution in [2.45, 2.75) is 60.3 Å². The van der Waals surface area contributed by atoms with Crippen LogP contribution in [-0.4, -0.2) is 61.5 Å². The van der Waals surface area contributed by atoms with E-state index in [1.165, 1.54) is 7.11 Å². The molecule has 0 saturated carbocycles. The highest BCUT2D eigenvalue weighted by Crippen LogP contribution is 2.15. The molecule has 5 heteroatoms. The minimum Gasteiger partial charge on any atom is -0.469 e. The molecule has 1 atom stereocenters. The molecule has 142 valence electrons. The van der Waals surface area contributed by atoms with E-state index in [-0.39, 0.29) is 23.7 Å². The van der Waals surface area contributed by atoms with Crippen LogP contribution in [0.4, 0.5) is 0 Å². The van der Waals surface area contributed by atoms with E-state index in [2.05, 4.69) is 18.7 Å². The summed E-state index contributed by atoms with van der Waals surface area (Å²) in [6.45, 7) is 14.6. The van der Waals surface area contributed by atoms with E-state index in [9.17, 15) is 9.59 Å². The Kier molecular flexibility index (Phi) is 12.6. The smallest absolute Gasteiger partial charge is 0.310 e. The molecule has 0 aromatic heterocycles. The second kappa shape index (κ2) is 13.2. The van der Waals surface area contributed by atoms with Crippen molar-refractivity contribution in [3.63, 3.8) is 0 Å². The molecule has 0 rings (SSSR count). The van der Waals surface area contributed by atoms with Crippen LogP contribution in [0.2, 0.25) is 0 Å². The summed E-state index contributed by atoms with van der Waals surface area (Å²) < 4.78 is 4.81. The quantitative estimate of drug-likeness (QED) is 0.381. The van der Waals surface area contributed by atoms with E-state index in [0.29, 0.717) is 6.54 Å². The first-order valence-corrected chi connectivity index (χ1v) is 9.53. The summed E-state index contributed by atoms with van der Waals surface area (Å²) in [6.07, 6.45) is 3.73. The van der Waals surface area contributed by atoms with Gasteiger partial charge in [0.2, 0.25) is 5.91 Å². The lowest BCUT2D eigenvalue weighted by atomic mass is 10.0. The number of ether oxygens (including phenoxy) is 1. The molecule has 24 heavy (non-hydrogen) atoms. The maximum Gasteiger partial charge on any atom is 0.310 e. The molecule has 0 heterocycles. The largest absolute Gasteiger partial charge is 0.469 e. The fourth-order valence-corrected chi connectivity index (χ4v) is 2.97. The molecule has 0 aliphatic carbocycles. The molecule has 0 fully saturated rings. The van der Waals surface area contributed by atoms with Crippen molar-refractivity contribution >= 4 is 11.9 Å². The number of carbonyl (C=O) groups excluding carboxylic acids is 2. The summed E-state index contributed by atoms with van der Waals surface area (Å²) >= 11 is 0. The van der Waals surface area contributed by atoms with Crippen LogP contribution >= 0.6 is 0 Å². The lowest BCUT2D eigenvalue weighted by molar-refractivity contribution is -0.147. The standard InChI is InChI=1S/C19H38N2O3/c1-7-17(8-2)18(22)21(15-16(5)19(23)24-6)14-12-11-13-20(9-3)10-4/h16-17H,7-15H2,1-6H3. The number of nitrogens with zero attached hydrogens (tertiary/aromatic N) is 2. The van der Waals surface area contributed by atoms with Crippen LogP contribution in [0, 0.1) is 11.8 Å². The van der Waals surface area contributed by atoms with Gasteiger partial charge in [-0.05, 0) is 45.3 Å². The predicted molar refractivity (Wildman–Crippen MR) is 98.9 cm³/mol. The van der Waals surface area contributed by atoms with Crippen molar-refractivity contribution in [3.8, 4) is 0 Å². The van der Waals surface area contributed by atoms with E-state index < -0.39 is 0 Å². The Morgan fingerprint density at radius 1 is 0.958 bits per heavy atom. The minimum absolute atomic E-state index is 0.0534. The van der Waals surface area contributed by atoms with Crippen LogP contribution in [0.15, 0.2) is 0 Å². The average molecular weight is 343 g/mol. The molecule has 1 unspecified atom stereocenters. The maximum absolute atomic E-state index is 12.8. The topological polar surface area (TPSA) is 49.9 Å². The van der Waals surface area contributed by atoms with Crippen molar-refractivity contribution in [2.75, 3.05) is 39.8 Å². The normalized spacial score (nSPS) is 12.5. The second-order valence-corrected chi connectivity index (χ2v) is 6.46. The van der Waals surface area contributed by atoms with Gasteiger partial charge in [-0.1, -0.05) is 34.6 Å². The Morgan fingerprint density at radius 2 is 1.50 bits per heavy atom. The molecule has 0 aromatic rings. The van der Waals surface area contributed by atoms with Crippen LogP contribution in [0.1, 0.15) is 60.3 Å². The Balaban J connectivity index is 4.68. The lowest BCUT2D eigenvalue weighted by Gasteiger charge is -2.29. The van der Waals surface area contributed by atoms with Gasteiger partial charge in [-0.25, -0.2) is 0 Å². The fraction of sp³-hybridized carbons (Fsp3) is 0.895. The molecule has 0 spiro atoms. The summed E-state index contributed by atoms with van der Waals surface area (Å²) in [5.41, 5.74) is 0. The van der Waals surface area contributed by atoms with Gasteiger partial charge in [-0.15, -0.1) is 0 Å². The zero-order valence-electron chi connectivity index (χ0n) is 16.6. The first kappa shape index (κ1) is 22.9. The van der Waals surface area contributed by atoms with Gasteiger partial charge in [0.25, 0.3) is 0 Å². The van der Waals surface area contributed by atoms with Gasteiger partial charge in [-0.2, -0.15) is 0 Å². The molecule has 1 amide bonds. The summed E-state index contributed by atoms with van der Waals surface area (Å²) in [5, 5.41) is 0. The molecule has 5 nitrogen and oxygen atoms in total. The molecular formula is C19H38N2O3. The number of rotatable bonds is 13. The highest BCUT2D eigenvalue weighted by atomic mass is 16.5. The van der Waals surface area contributed by atoms with Crippen LogP contribution in [0.3, 0.4) is 0 Å². The predicted octanol–water partition coefficient (Wildman–Crippen LogP) is 3.18. The number of carbonyl (C=O) groups is 2. The van der Waals surface area contributed by atoms with Gasteiger partial charge in [-0.3, -0.25) is 9.59 Å². The van der Waals surface area contributed by atoms with E-state index in [1.54, 1.807) is 0 Å². The van der Waals surface area contributed by atoms with Gasteiger partial charge in [0.15, 0.2) is 0 Å². The Bertz CT molecular complexity index is 353. The van der Waals surface area contributed by atoms with Gasteiger partial charge in [0.05, 0.1) is 13.0 Å². The van der Waals surface area contributed by atoms with E-state index >= 15 is 0 Å². The highest BCUT2D eigenvalue weighted by molar-refractivity contribution is 5.80. The van der Waals surface area contributed by atoms with Crippen molar-refractivity contribution < 1.29 is 14.3 Å². The molecule has 0 saturated heterocycles. The minimum atomic E-state index is -0.281. The average Bonchev–Trinajstić information content (AvgIpc) is 2.60. The third-order valence-corrected chi connectivity index (χ3v) is 4.79. The van der Waals surface area contributed by atoms with Crippen LogP contribution in [-0.2, 0) is 14.3 Å². The van der Waals surface area contributed by atoms with E-state index in [4.69, 9.17) is 4.74 Å². The van der Waals surface area contributed by atoms with Gasteiger partial charge < -0.3 is 14.5 Å². The van der Waals surface area contributed by atoms with Crippen molar-refractivity contribution in [1.29, 1.82) is 0 Å².